The van der Waals surface area contributed by atoms with E-state index in [2.05, 4.69) is 0 Å². The second kappa shape index (κ2) is 10.5. The summed E-state index contributed by atoms with van der Waals surface area (Å²) in [5.74, 6) is 1.44. The summed E-state index contributed by atoms with van der Waals surface area (Å²) in [7, 11) is 0. The van der Waals surface area contributed by atoms with Crippen molar-refractivity contribution in [1.29, 1.82) is 0 Å². The van der Waals surface area contributed by atoms with Crippen LogP contribution in [0.25, 0.3) is 0 Å². The Labute approximate surface area is 190 Å². The van der Waals surface area contributed by atoms with E-state index in [1.807, 2.05) is 76.2 Å². The molecule has 0 aliphatic heterocycles. The molecule has 1 aliphatic carbocycles. The first-order valence-electron chi connectivity index (χ1n) is 11.2. The van der Waals surface area contributed by atoms with Crippen molar-refractivity contribution in [3.63, 3.8) is 0 Å². The van der Waals surface area contributed by atoms with E-state index in [1.165, 1.54) is 0 Å². The molecule has 0 amide bonds. The molecule has 0 radical (unpaired) electrons. The number of rotatable bonds is 9. The fourth-order valence-corrected chi connectivity index (χ4v) is 4.01. The van der Waals surface area contributed by atoms with Gasteiger partial charge in [0.2, 0.25) is 0 Å². The average molecular weight is 436 g/mol. The summed E-state index contributed by atoms with van der Waals surface area (Å²) in [5.41, 5.74) is 2.72. The van der Waals surface area contributed by atoms with Crippen LogP contribution < -0.4 is 9.47 Å². The van der Waals surface area contributed by atoms with Gasteiger partial charge in [-0.2, -0.15) is 0 Å². The van der Waals surface area contributed by atoms with Gasteiger partial charge in [-0.1, -0.05) is 50.2 Å². The highest BCUT2D eigenvalue weighted by Crippen LogP contribution is 2.37. The maximum Gasteiger partial charge on any atom is 0.168 e. The average Bonchev–Trinajstić information content (AvgIpc) is 2.73. The van der Waals surface area contributed by atoms with E-state index in [0.717, 1.165) is 11.1 Å². The van der Waals surface area contributed by atoms with Crippen LogP contribution in [0.4, 0.5) is 0 Å². The number of Topliss-reactive ketones (excluding diaryl/α,β-unsaturated/α-hetero) is 1. The number of carbonyl (C=O) groups is 1. The molecule has 0 fully saturated rings. The Morgan fingerprint density at radius 3 is 2.31 bits per heavy atom. The SMILES string of the molecule is CCOc1ccc(CC(=NCc2ccccc2)C2=C(O)CC(C)(C)CC2=O)cc1OCC. The molecule has 5 heteroatoms. The van der Waals surface area contributed by atoms with Crippen molar-refractivity contribution in [2.24, 2.45) is 10.4 Å². The number of carbonyl (C=O) groups excluding carboxylic acids is 1. The molecule has 0 saturated heterocycles. The van der Waals surface area contributed by atoms with Crippen molar-refractivity contribution < 1.29 is 19.4 Å². The Bertz CT molecular complexity index is 1010. The minimum atomic E-state index is -0.253. The van der Waals surface area contributed by atoms with E-state index in [4.69, 9.17) is 14.5 Å². The largest absolute Gasteiger partial charge is 0.511 e. The molecule has 32 heavy (non-hydrogen) atoms. The molecule has 0 spiro atoms. The van der Waals surface area contributed by atoms with Gasteiger partial charge >= 0.3 is 0 Å². The van der Waals surface area contributed by atoms with Gasteiger partial charge in [0.1, 0.15) is 5.76 Å². The van der Waals surface area contributed by atoms with Crippen molar-refractivity contribution in [3.05, 3.63) is 71.0 Å². The summed E-state index contributed by atoms with van der Waals surface area (Å²) in [5, 5.41) is 10.8. The van der Waals surface area contributed by atoms with Crippen LogP contribution in [0, 0.1) is 5.41 Å². The number of benzene rings is 2. The fraction of sp³-hybridized carbons (Fsp3) is 0.407. The maximum absolute atomic E-state index is 13.0. The quantitative estimate of drug-likeness (QED) is 0.500. The van der Waals surface area contributed by atoms with Crippen LogP contribution in [-0.2, 0) is 17.8 Å². The Balaban J connectivity index is 1.98. The molecule has 3 rings (SSSR count). The van der Waals surface area contributed by atoms with Gasteiger partial charge in [-0.25, -0.2) is 0 Å². The van der Waals surface area contributed by atoms with Gasteiger partial charge in [0, 0.05) is 19.3 Å². The topological polar surface area (TPSA) is 68.1 Å². The predicted molar refractivity (Wildman–Crippen MR) is 128 cm³/mol. The van der Waals surface area contributed by atoms with Gasteiger partial charge in [-0.15, -0.1) is 0 Å². The Morgan fingerprint density at radius 2 is 1.66 bits per heavy atom. The summed E-state index contributed by atoms with van der Waals surface area (Å²) in [6.45, 7) is 9.38. The highest BCUT2D eigenvalue weighted by atomic mass is 16.5. The Hall–Kier alpha value is -3.08. The zero-order chi connectivity index (χ0) is 23.1. The molecular formula is C27H33NO4. The molecule has 0 unspecified atom stereocenters. The summed E-state index contributed by atoms with van der Waals surface area (Å²) in [6, 6.07) is 15.7. The van der Waals surface area contributed by atoms with Crippen LogP contribution in [0.15, 0.2) is 64.9 Å². The molecule has 0 heterocycles. The molecule has 2 aromatic carbocycles. The number of aliphatic hydroxyl groups excluding tert-OH is 1. The normalized spacial score (nSPS) is 16.2. The number of ketones is 1. The molecule has 1 N–H and O–H groups in total. The molecule has 170 valence electrons. The van der Waals surface area contributed by atoms with Crippen molar-refractivity contribution in [1.82, 2.24) is 0 Å². The van der Waals surface area contributed by atoms with Gasteiger partial charge in [-0.3, -0.25) is 9.79 Å². The lowest BCUT2D eigenvalue weighted by molar-refractivity contribution is -0.117. The van der Waals surface area contributed by atoms with Gasteiger partial charge < -0.3 is 14.6 Å². The summed E-state index contributed by atoms with van der Waals surface area (Å²) < 4.78 is 11.4. The third-order valence-electron chi connectivity index (χ3n) is 5.42. The van der Waals surface area contributed by atoms with Crippen molar-refractivity contribution in [3.8, 4) is 11.5 Å². The van der Waals surface area contributed by atoms with Crippen LogP contribution in [0.1, 0.15) is 51.7 Å². The first-order chi connectivity index (χ1) is 15.3. The number of aliphatic imine (C=N–C) groups is 1. The number of nitrogens with zero attached hydrogens (tertiary/aromatic N) is 1. The monoisotopic (exact) mass is 435 g/mol. The van der Waals surface area contributed by atoms with Gasteiger partial charge in [-0.05, 0) is 42.5 Å². The number of allylic oxidation sites excluding steroid dienone is 2. The van der Waals surface area contributed by atoms with Gasteiger partial charge in [0.15, 0.2) is 17.3 Å². The van der Waals surface area contributed by atoms with E-state index in [1.54, 1.807) is 0 Å². The molecule has 0 atom stereocenters. The van der Waals surface area contributed by atoms with E-state index >= 15 is 0 Å². The van der Waals surface area contributed by atoms with Crippen molar-refractivity contribution in [2.45, 2.75) is 53.5 Å². The molecular weight excluding hydrogens is 402 g/mol. The van der Waals surface area contributed by atoms with E-state index < -0.39 is 0 Å². The van der Waals surface area contributed by atoms with Crippen LogP contribution in [0.5, 0.6) is 11.5 Å². The standard InChI is InChI=1S/C27H33NO4/c1-5-31-24-13-12-20(15-25(24)32-6-2)14-21(28-18-19-10-8-7-9-11-19)26-22(29)16-27(3,4)17-23(26)30/h7-13,15,29H,5-6,14,16-18H2,1-4H3. The van der Waals surface area contributed by atoms with E-state index in [-0.39, 0.29) is 17.0 Å². The van der Waals surface area contributed by atoms with Crippen LogP contribution >= 0.6 is 0 Å². The molecule has 5 nitrogen and oxygen atoms in total. The third-order valence-corrected chi connectivity index (χ3v) is 5.42. The van der Waals surface area contributed by atoms with Crippen LogP contribution in [-0.4, -0.2) is 29.8 Å². The molecule has 0 bridgehead atoms. The summed E-state index contributed by atoms with van der Waals surface area (Å²) >= 11 is 0. The highest BCUT2D eigenvalue weighted by Gasteiger charge is 2.35. The predicted octanol–water partition coefficient (Wildman–Crippen LogP) is 5.87. The van der Waals surface area contributed by atoms with E-state index in [9.17, 15) is 9.90 Å². The van der Waals surface area contributed by atoms with Crippen LogP contribution in [0.2, 0.25) is 0 Å². The minimum Gasteiger partial charge on any atom is -0.511 e. The Morgan fingerprint density at radius 1 is 0.969 bits per heavy atom. The van der Waals surface area contributed by atoms with Gasteiger partial charge in [0.25, 0.3) is 0 Å². The Kier molecular flexibility index (Phi) is 7.73. The molecule has 2 aromatic rings. The second-order valence-electron chi connectivity index (χ2n) is 8.84. The molecule has 0 saturated carbocycles. The lowest BCUT2D eigenvalue weighted by atomic mass is 9.75. The van der Waals surface area contributed by atoms with Crippen molar-refractivity contribution >= 4 is 11.5 Å². The zero-order valence-corrected chi connectivity index (χ0v) is 19.5. The lowest BCUT2D eigenvalue weighted by Gasteiger charge is -2.30. The number of hydrogen-bond donors (Lipinski definition) is 1. The molecule has 0 aromatic heterocycles. The number of hydrogen-bond acceptors (Lipinski definition) is 5. The lowest BCUT2D eigenvalue weighted by Crippen LogP contribution is -2.30. The van der Waals surface area contributed by atoms with Gasteiger partial charge in [0.05, 0.1) is 31.0 Å². The third kappa shape index (κ3) is 6.00. The van der Waals surface area contributed by atoms with E-state index in [0.29, 0.717) is 61.8 Å². The fourth-order valence-electron chi connectivity index (χ4n) is 4.01. The maximum atomic E-state index is 13.0. The minimum absolute atomic E-state index is 0.0541. The smallest absolute Gasteiger partial charge is 0.168 e. The van der Waals surface area contributed by atoms with Crippen molar-refractivity contribution in [2.75, 3.05) is 13.2 Å². The first-order valence-corrected chi connectivity index (χ1v) is 11.2. The molecule has 1 aliphatic rings. The zero-order valence-electron chi connectivity index (χ0n) is 19.5. The number of aliphatic hydroxyl groups is 1. The van der Waals surface area contributed by atoms with Crippen LogP contribution in [0.3, 0.4) is 0 Å². The highest BCUT2D eigenvalue weighted by molar-refractivity contribution is 6.23. The summed E-state index contributed by atoms with van der Waals surface area (Å²) in [4.78, 5) is 17.8. The first kappa shape index (κ1) is 23.6. The summed E-state index contributed by atoms with van der Waals surface area (Å²) in [6.07, 6.45) is 1.28. The number of ether oxygens (including phenoxy) is 2. The second-order valence-corrected chi connectivity index (χ2v) is 8.84.